The van der Waals surface area contributed by atoms with E-state index < -0.39 is 5.60 Å². The van der Waals surface area contributed by atoms with E-state index in [2.05, 4.69) is 25.7 Å². The second-order valence-corrected chi connectivity index (χ2v) is 11.3. The van der Waals surface area contributed by atoms with Crippen molar-refractivity contribution < 1.29 is 5.11 Å². The lowest BCUT2D eigenvalue weighted by Crippen LogP contribution is -2.76. The van der Waals surface area contributed by atoms with E-state index in [0.29, 0.717) is 23.4 Å². The molecule has 3 aliphatic carbocycles. The van der Waals surface area contributed by atoms with Crippen molar-refractivity contribution in [1.29, 1.82) is 0 Å². The SMILES string of the molecule is CC1CCC2(C)C3CC4CC2(O)C2(CC5=NC42C2(C)CCCCC52)N13. The van der Waals surface area contributed by atoms with E-state index in [9.17, 15) is 5.11 Å². The summed E-state index contributed by atoms with van der Waals surface area (Å²) in [5, 5.41) is 12.4. The minimum absolute atomic E-state index is 0.0298. The Hall–Kier alpha value is -0.410. The van der Waals surface area contributed by atoms with E-state index in [1.54, 1.807) is 0 Å². The van der Waals surface area contributed by atoms with Crippen molar-refractivity contribution >= 4 is 5.71 Å². The van der Waals surface area contributed by atoms with Crippen molar-refractivity contribution in [3.8, 4) is 0 Å². The Morgan fingerprint density at radius 2 is 1.96 bits per heavy atom. The molecule has 6 fully saturated rings. The second kappa shape index (κ2) is 3.63. The van der Waals surface area contributed by atoms with Gasteiger partial charge in [0.2, 0.25) is 0 Å². The number of piperidine rings is 2. The predicted octanol–water partition coefficient (Wildman–Crippen LogP) is 3.55. The molecular weight excluding hydrogens is 308 g/mol. The van der Waals surface area contributed by atoms with Crippen molar-refractivity contribution in [1.82, 2.24) is 4.90 Å². The molecular formula is C22H32N2O. The molecule has 5 heterocycles. The number of hydrogen-bond donors (Lipinski definition) is 1. The van der Waals surface area contributed by atoms with Gasteiger partial charge in [-0.15, -0.1) is 0 Å². The normalized spacial score (nSPS) is 71.2. The average Bonchev–Trinajstić information content (AvgIpc) is 3.13. The highest BCUT2D eigenvalue weighted by atomic mass is 16.3. The smallest absolute Gasteiger partial charge is 0.0930 e. The average molecular weight is 341 g/mol. The molecule has 5 aliphatic heterocycles. The van der Waals surface area contributed by atoms with Crippen molar-refractivity contribution in [3.63, 3.8) is 0 Å². The van der Waals surface area contributed by atoms with E-state index in [-0.39, 0.29) is 16.5 Å². The molecule has 3 saturated heterocycles. The van der Waals surface area contributed by atoms with E-state index in [0.717, 1.165) is 18.8 Å². The standard InChI is InChI=1S/C22H32N2O/c1-13-7-9-19(3)17-10-14-11-21(19,25)20(24(13)17)12-16-15-6-4-5-8-18(15,2)22(14,20)23-16/h13-15,17,25H,4-12H2,1-3H3. The largest absolute Gasteiger partial charge is 0.387 e. The van der Waals surface area contributed by atoms with Crippen molar-refractivity contribution in [2.75, 3.05) is 0 Å². The molecule has 0 aromatic carbocycles. The molecule has 25 heavy (non-hydrogen) atoms. The van der Waals surface area contributed by atoms with Crippen LogP contribution >= 0.6 is 0 Å². The fraction of sp³-hybridized carbons (Fsp3) is 0.955. The number of hydrogen-bond acceptors (Lipinski definition) is 3. The van der Waals surface area contributed by atoms with Gasteiger partial charge in [-0.25, -0.2) is 0 Å². The molecule has 8 aliphatic rings. The van der Waals surface area contributed by atoms with Gasteiger partial charge in [-0.1, -0.05) is 26.7 Å². The predicted molar refractivity (Wildman–Crippen MR) is 97.7 cm³/mol. The van der Waals surface area contributed by atoms with Crippen LogP contribution in [0.5, 0.6) is 0 Å². The van der Waals surface area contributed by atoms with Crippen LogP contribution in [0.1, 0.15) is 78.6 Å². The summed E-state index contributed by atoms with van der Waals surface area (Å²) in [5.41, 5.74) is 1.40. The molecule has 10 atom stereocenters. The number of aliphatic hydroxyl groups is 1. The zero-order valence-electron chi connectivity index (χ0n) is 16.0. The molecule has 8 rings (SSSR count). The van der Waals surface area contributed by atoms with Gasteiger partial charge in [-0.3, -0.25) is 9.89 Å². The molecule has 3 heteroatoms. The van der Waals surface area contributed by atoms with Crippen LogP contribution in [0.2, 0.25) is 0 Å². The highest BCUT2D eigenvalue weighted by Crippen LogP contribution is 2.84. The van der Waals surface area contributed by atoms with Crippen LogP contribution in [0.15, 0.2) is 4.99 Å². The van der Waals surface area contributed by atoms with Crippen LogP contribution in [0.4, 0.5) is 0 Å². The van der Waals surface area contributed by atoms with Crippen LogP contribution in [0.3, 0.4) is 0 Å². The summed E-state index contributed by atoms with van der Waals surface area (Å²) in [6, 6.07) is 1.22. The van der Waals surface area contributed by atoms with E-state index in [4.69, 9.17) is 4.99 Å². The van der Waals surface area contributed by atoms with Crippen LogP contribution in [-0.4, -0.2) is 44.5 Å². The number of rotatable bonds is 0. The zero-order chi connectivity index (χ0) is 17.0. The first kappa shape index (κ1) is 14.6. The third kappa shape index (κ3) is 1.01. The molecule has 1 N–H and O–H groups in total. The van der Waals surface area contributed by atoms with E-state index in [1.807, 2.05) is 0 Å². The molecule has 0 radical (unpaired) electrons. The van der Waals surface area contributed by atoms with Crippen LogP contribution in [-0.2, 0) is 0 Å². The third-order valence-corrected chi connectivity index (χ3v) is 11.2. The maximum absolute atomic E-state index is 12.4. The molecule has 2 spiro atoms. The van der Waals surface area contributed by atoms with Crippen LogP contribution in [0.25, 0.3) is 0 Å². The first-order valence-corrected chi connectivity index (χ1v) is 11.0. The van der Waals surface area contributed by atoms with Gasteiger partial charge in [0.15, 0.2) is 0 Å². The van der Waals surface area contributed by atoms with Gasteiger partial charge in [0.25, 0.3) is 0 Å². The van der Waals surface area contributed by atoms with Gasteiger partial charge in [-0.2, -0.15) is 0 Å². The fourth-order valence-electron chi connectivity index (χ4n) is 10.6. The van der Waals surface area contributed by atoms with Gasteiger partial charge >= 0.3 is 0 Å². The topological polar surface area (TPSA) is 35.8 Å². The highest BCUT2D eigenvalue weighted by molar-refractivity contribution is 5.96. The first-order valence-electron chi connectivity index (χ1n) is 11.0. The fourth-order valence-corrected chi connectivity index (χ4v) is 10.6. The van der Waals surface area contributed by atoms with Crippen LogP contribution < -0.4 is 0 Å². The Labute approximate surface area is 151 Å². The highest BCUT2D eigenvalue weighted by Gasteiger charge is 2.94. The lowest BCUT2D eigenvalue weighted by molar-refractivity contribution is -0.137. The van der Waals surface area contributed by atoms with Gasteiger partial charge in [0.05, 0.1) is 16.7 Å². The zero-order valence-corrected chi connectivity index (χ0v) is 16.0. The minimum atomic E-state index is -0.505. The second-order valence-electron chi connectivity index (χ2n) is 11.3. The molecule has 136 valence electrons. The number of aliphatic imine (C=N–C) groups is 1. The summed E-state index contributed by atoms with van der Waals surface area (Å²) in [5.74, 6) is 1.35. The Balaban J connectivity index is 1.55. The summed E-state index contributed by atoms with van der Waals surface area (Å²) in [6.07, 6.45) is 11.3. The monoisotopic (exact) mass is 340 g/mol. The summed E-state index contributed by atoms with van der Waals surface area (Å²) < 4.78 is 0. The Bertz CT molecular complexity index is 748. The minimum Gasteiger partial charge on any atom is -0.387 e. The first-order chi connectivity index (χ1) is 11.9. The Morgan fingerprint density at radius 3 is 2.80 bits per heavy atom. The maximum Gasteiger partial charge on any atom is 0.0930 e. The summed E-state index contributed by atoms with van der Waals surface area (Å²) >= 11 is 0. The quantitative estimate of drug-likeness (QED) is 0.732. The van der Waals surface area contributed by atoms with E-state index in [1.165, 1.54) is 50.7 Å². The number of nitrogens with zero attached hydrogens (tertiary/aromatic N) is 2. The van der Waals surface area contributed by atoms with Crippen molar-refractivity contribution in [2.24, 2.45) is 27.7 Å². The molecule has 3 nitrogen and oxygen atoms in total. The van der Waals surface area contributed by atoms with Crippen LogP contribution in [0, 0.1) is 22.7 Å². The molecule has 8 bridgehead atoms. The lowest BCUT2D eigenvalue weighted by atomic mass is 9.46. The Morgan fingerprint density at radius 1 is 1.12 bits per heavy atom. The summed E-state index contributed by atoms with van der Waals surface area (Å²) in [4.78, 5) is 8.53. The molecule has 0 aromatic rings. The van der Waals surface area contributed by atoms with Gasteiger partial charge < -0.3 is 5.11 Å². The van der Waals surface area contributed by atoms with Gasteiger partial charge in [-0.05, 0) is 51.4 Å². The van der Waals surface area contributed by atoms with Gasteiger partial charge in [0.1, 0.15) is 0 Å². The van der Waals surface area contributed by atoms with Crippen molar-refractivity contribution in [2.45, 2.75) is 107 Å². The summed E-state index contributed by atoms with van der Waals surface area (Å²) in [7, 11) is 0. The molecule has 0 amide bonds. The molecule has 10 unspecified atom stereocenters. The Kier molecular flexibility index (Phi) is 2.12. The number of fused-ring (bicyclic) bond motifs is 2. The molecule has 3 saturated carbocycles. The van der Waals surface area contributed by atoms with Crippen molar-refractivity contribution in [3.05, 3.63) is 0 Å². The third-order valence-electron chi connectivity index (χ3n) is 11.2. The lowest BCUT2D eigenvalue weighted by Gasteiger charge is -2.65. The summed E-state index contributed by atoms with van der Waals surface area (Å²) in [6.45, 7) is 7.47. The van der Waals surface area contributed by atoms with Gasteiger partial charge in [0, 0.05) is 41.0 Å². The molecule has 0 aromatic heterocycles. The maximum atomic E-state index is 12.4. The van der Waals surface area contributed by atoms with E-state index >= 15 is 0 Å².